The molecule has 2 atom stereocenters. The van der Waals surface area contributed by atoms with E-state index in [0.29, 0.717) is 11.6 Å². The fourth-order valence-corrected chi connectivity index (χ4v) is 5.71. The number of rotatable bonds is 12. The summed E-state index contributed by atoms with van der Waals surface area (Å²) in [7, 11) is 3.31. The number of carboxylic acid groups (broad SMARTS) is 1. The molecule has 0 saturated heterocycles. The molecule has 7 nitrogen and oxygen atoms in total. The van der Waals surface area contributed by atoms with Gasteiger partial charge in [-0.1, -0.05) is 25.8 Å². The van der Waals surface area contributed by atoms with E-state index in [2.05, 4.69) is 17.2 Å². The summed E-state index contributed by atoms with van der Waals surface area (Å²) in [4.78, 5) is 40.8. The van der Waals surface area contributed by atoms with Crippen molar-refractivity contribution in [1.82, 2.24) is 14.8 Å². The van der Waals surface area contributed by atoms with Gasteiger partial charge in [0.25, 0.3) is 5.56 Å². The van der Waals surface area contributed by atoms with Crippen LogP contribution in [0, 0.1) is 49.1 Å². The molecule has 3 rings (SSSR count). The van der Waals surface area contributed by atoms with Crippen LogP contribution in [-0.2, 0) is 22.2 Å². The van der Waals surface area contributed by atoms with Crippen LogP contribution in [0.4, 0.5) is 26.3 Å². The minimum absolute atomic E-state index is 0.0365. The highest BCUT2D eigenvalue weighted by Gasteiger charge is 2.36. The van der Waals surface area contributed by atoms with Gasteiger partial charge in [-0.25, -0.2) is 13.2 Å². The third kappa shape index (κ3) is 9.12. The second-order valence-corrected chi connectivity index (χ2v) is 12.6. The number of carbonyl (C=O) groups is 2. The number of hydrogen-bond acceptors (Lipinski definition) is 4. The fraction of sp³-hybridized carbons (Fsp3) is 0.417. The molecule has 3 aromatic rings. The lowest BCUT2D eigenvalue weighted by Gasteiger charge is -2.27. The molecule has 264 valence electrons. The molecule has 49 heavy (non-hydrogen) atoms. The maximum absolute atomic E-state index is 16.5. The van der Waals surface area contributed by atoms with Gasteiger partial charge in [0.1, 0.15) is 23.5 Å². The van der Waals surface area contributed by atoms with Crippen molar-refractivity contribution in [1.29, 1.82) is 0 Å². The van der Waals surface area contributed by atoms with Crippen molar-refractivity contribution in [2.45, 2.75) is 72.1 Å². The van der Waals surface area contributed by atoms with E-state index in [1.165, 1.54) is 26.0 Å². The van der Waals surface area contributed by atoms with Crippen LogP contribution in [0.15, 0.2) is 35.3 Å². The van der Waals surface area contributed by atoms with Gasteiger partial charge >= 0.3 is 12.1 Å². The number of alkyl halides is 3. The summed E-state index contributed by atoms with van der Waals surface area (Å²) in [5.41, 5.74) is -3.49. The zero-order valence-corrected chi connectivity index (χ0v) is 28.3. The smallest absolute Gasteiger partial charge is 0.416 e. The Balaban J connectivity index is 2.27. The van der Waals surface area contributed by atoms with E-state index in [-0.39, 0.29) is 53.1 Å². The topological polar surface area (TPSA) is 91.6 Å². The Kier molecular flexibility index (Phi) is 12.5. The van der Waals surface area contributed by atoms with Gasteiger partial charge in [0.05, 0.1) is 23.6 Å². The van der Waals surface area contributed by atoms with Crippen LogP contribution < -0.4 is 10.9 Å². The third-order valence-electron chi connectivity index (χ3n) is 8.04. The van der Waals surface area contributed by atoms with Crippen molar-refractivity contribution in [3.05, 3.63) is 91.6 Å². The highest BCUT2D eigenvalue weighted by molar-refractivity contribution is 5.82. The van der Waals surface area contributed by atoms with Crippen LogP contribution in [0.2, 0.25) is 0 Å². The molecule has 1 aromatic heterocycles. The largest absolute Gasteiger partial charge is 0.481 e. The molecule has 13 heteroatoms. The number of carbonyl (C=O) groups excluding carboxylic acids is 1. The standard InChI is InChI=1S/C36H39F6N3O4/c1-8-9-22-15-24(31-20(4)10-11-26(37)21(31)5)34(39)32(33(22)38)27(17-30(47)48)43-35(49)28(14-19(2)3)45-18-23(12-13-44(6)7)25(16-29(45)46)36(40,41)42/h10-11,15-16,18-19,27-28H,12-14,17H2,1-7H3,(H,43,49)(H,47,48)/t27-,28-/m0/s1. The van der Waals surface area contributed by atoms with Crippen LogP contribution in [0.1, 0.15) is 79.1 Å². The maximum atomic E-state index is 16.5. The highest BCUT2D eigenvalue weighted by Crippen LogP contribution is 2.38. The zero-order chi connectivity index (χ0) is 37.0. The van der Waals surface area contributed by atoms with Crippen molar-refractivity contribution in [2.24, 2.45) is 5.92 Å². The molecule has 0 radical (unpaired) electrons. The Bertz CT molecular complexity index is 1850. The molecular weight excluding hydrogens is 652 g/mol. The Morgan fingerprint density at radius 1 is 1.06 bits per heavy atom. The summed E-state index contributed by atoms with van der Waals surface area (Å²) in [6.07, 6.45) is -5.14. The van der Waals surface area contributed by atoms with Crippen LogP contribution >= 0.6 is 0 Å². The summed E-state index contributed by atoms with van der Waals surface area (Å²) in [5.74, 6) is -1.09. The van der Waals surface area contributed by atoms with Crippen LogP contribution in [0.5, 0.6) is 0 Å². The second-order valence-electron chi connectivity index (χ2n) is 12.6. The number of aliphatic carboxylic acids is 1. The summed E-state index contributed by atoms with van der Waals surface area (Å²) in [6.45, 7) is 7.94. The van der Waals surface area contributed by atoms with Crippen LogP contribution in [0.25, 0.3) is 11.1 Å². The van der Waals surface area contributed by atoms with Gasteiger partial charge in [0.2, 0.25) is 5.91 Å². The first-order valence-corrected chi connectivity index (χ1v) is 15.5. The number of halogens is 6. The minimum Gasteiger partial charge on any atom is -0.481 e. The van der Waals surface area contributed by atoms with Gasteiger partial charge < -0.3 is 19.9 Å². The number of carboxylic acids is 1. The Morgan fingerprint density at radius 3 is 2.27 bits per heavy atom. The molecule has 0 spiro atoms. The number of nitrogens with zero attached hydrogens (tertiary/aromatic N) is 2. The van der Waals surface area contributed by atoms with Crippen molar-refractivity contribution in [3.8, 4) is 23.0 Å². The van der Waals surface area contributed by atoms with Gasteiger partial charge in [-0.3, -0.25) is 14.4 Å². The maximum Gasteiger partial charge on any atom is 0.416 e. The second kappa shape index (κ2) is 15.8. The Hall–Kier alpha value is -4.57. The Labute approximate surface area is 280 Å². The number of nitrogens with one attached hydrogen (secondary N) is 1. The number of amides is 1. The van der Waals surface area contributed by atoms with E-state index >= 15 is 8.78 Å². The van der Waals surface area contributed by atoms with Crippen molar-refractivity contribution in [2.75, 3.05) is 20.6 Å². The summed E-state index contributed by atoms with van der Waals surface area (Å²) in [5, 5.41) is 12.1. The highest BCUT2D eigenvalue weighted by atomic mass is 19.4. The molecule has 0 saturated carbocycles. The summed E-state index contributed by atoms with van der Waals surface area (Å²) < 4.78 is 89.9. The molecular formula is C36H39F6N3O4. The molecule has 2 N–H and O–H groups in total. The average Bonchev–Trinajstić information content (AvgIpc) is 2.98. The lowest BCUT2D eigenvalue weighted by Crippen LogP contribution is -2.41. The van der Waals surface area contributed by atoms with E-state index in [0.717, 1.165) is 16.8 Å². The average molecular weight is 692 g/mol. The molecule has 0 fully saturated rings. The van der Waals surface area contributed by atoms with Gasteiger partial charge in [-0.05, 0) is 88.0 Å². The predicted octanol–water partition coefficient (Wildman–Crippen LogP) is 6.96. The third-order valence-corrected chi connectivity index (χ3v) is 8.04. The minimum atomic E-state index is -4.86. The molecule has 0 aliphatic heterocycles. The molecule has 0 bridgehead atoms. The number of pyridine rings is 1. The number of benzene rings is 2. The molecule has 1 amide bonds. The van der Waals surface area contributed by atoms with E-state index in [1.807, 2.05) is 0 Å². The lowest BCUT2D eigenvalue weighted by atomic mass is 9.89. The first-order chi connectivity index (χ1) is 22.8. The van der Waals surface area contributed by atoms with Crippen LogP contribution in [0.3, 0.4) is 0 Å². The fourth-order valence-electron chi connectivity index (χ4n) is 5.71. The number of likely N-dealkylation sites (N-methyl/N-ethyl adjacent to an activating group) is 1. The number of aryl methyl sites for hydroxylation is 1. The Morgan fingerprint density at radius 2 is 1.71 bits per heavy atom. The number of hydrogen-bond donors (Lipinski definition) is 2. The predicted molar refractivity (Wildman–Crippen MR) is 173 cm³/mol. The van der Waals surface area contributed by atoms with Crippen molar-refractivity contribution < 1.29 is 41.0 Å². The van der Waals surface area contributed by atoms with E-state index in [9.17, 15) is 37.1 Å². The molecule has 0 aliphatic rings. The molecule has 0 unspecified atom stereocenters. The zero-order valence-electron chi connectivity index (χ0n) is 28.3. The monoisotopic (exact) mass is 691 g/mol. The SMILES string of the molecule is CC#Cc1cc(-c2c(C)ccc(F)c2C)c(F)c([C@H](CC(=O)O)NC(=O)[C@H](CC(C)C)n2cc(CCN(C)C)c(C(F)(F)F)cc2=O)c1F. The van der Waals surface area contributed by atoms with Crippen molar-refractivity contribution in [3.63, 3.8) is 0 Å². The molecule has 0 aliphatic carbocycles. The van der Waals surface area contributed by atoms with Crippen LogP contribution in [-0.4, -0.2) is 47.1 Å². The first-order valence-electron chi connectivity index (χ1n) is 15.5. The lowest BCUT2D eigenvalue weighted by molar-refractivity contribution is -0.139. The van der Waals surface area contributed by atoms with E-state index in [4.69, 9.17) is 0 Å². The van der Waals surface area contributed by atoms with Gasteiger partial charge in [0.15, 0.2) is 0 Å². The first kappa shape index (κ1) is 38.9. The molecule has 1 heterocycles. The van der Waals surface area contributed by atoms with E-state index in [1.54, 1.807) is 39.8 Å². The summed E-state index contributed by atoms with van der Waals surface area (Å²) in [6, 6.07) is 0.707. The molecule has 2 aromatic carbocycles. The van der Waals surface area contributed by atoms with Gasteiger partial charge in [0, 0.05) is 29.9 Å². The van der Waals surface area contributed by atoms with Gasteiger partial charge in [-0.2, -0.15) is 13.2 Å². The van der Waals surface area contributed by atoms with Crippen molar-refractivity contribution >= 4 is 11.9 Å². The normalized spacial score (nSPS) is 12.9. The van der Waals surface area contributed by atoms with E-state index < -0.39 is 70.7 Å². The quantitative estimate of drug-likeness (QED) is 0.158. The number of aromatic nitrogens is 1. The summed E-state index contributed by atoms with van der Waals surface area (Å²) >= 11 is 0. The van der Waals surface area contributed by atoms with Gasteiger partial charge in [-0.15, -0.1) is 5.92 Å².